The van der Waals surface area contributed by atoms with Crippen LogP contribution in [-0.4, -0.2) is 41.1 Å². The fraction of sp³-hybridized carbons (Fsp3) is 0.286. The zero-order valence-corrected chi connectivity index (χ0v) is 18.4. The molecule has 2 atom stereocenters. The zero-order chi connectivity index (χ0) is 22.2. The molecule has 2 aromatic carbocycles. The number of halogens is 3. The molecule has 162 valence electrons. The van der Waals surface area contributed by atoms with Crippen molar-refractivity contribution in [3.63, 3.8) is 0 Å². The van der Waals surface area contributed by atoms with Crippen molar-refractivity contribution in [1.29, 1.82) is 0 Å². The number of carbonyl (C=O) groups is 3. The first kappa shape index (κ1) is 21.9. The normalized spacial score (nSPS) is 22.4. The number of thioether (sulfide) groups is 1. The number of benzene rings is 2. The fourth-order valence-electron chi connectivity index (χ4n) is 3.88. The first-order valence-corrected chi connectivity index (χ1v) is 11.2. The SMILES string of the molecule is O=C(COC(=O)[C@H]1CS[C@@]2(c3ccc(F)cc3)CCC(=O)N12)Nc1cc(Cl)cc(Cl)c1. The minimum absolute atomic E-state index is 0.172. The van der Waals surface area contributed by atoms with E-state index in [1.54, 1.807) is 12.1 Å². The molecular weight excluding hydrogens is 466 g/mol. The largest absolute Gasteiger partial charge is 0.454 e. The number of hydrogen-bond acceptors (Lipinski definition) is 5. The molecule has 4 rings (SSSR count). The Bertz CT molecular complexity index is 1030. The topological polar surface area (TPSA) is 75.7 Å². The molecule has 2 saturated heterocycles. The molecule has 0 radical (unpaired) electrons. The second-order valence-electron chi connectivity index (χ2n) is 7.20. The van der Waals surface area contributed by atoms with Gasteiger partial charge in [0.05, 0.1) is 0 Å². The van der Waals surface area contributed by atoms with Crippen LogP contribution in [-0.2, 0) is 24.0 Å². The minimum atomic E-state index is -0.821. The van der Waals surface area contributed by atoms with Crippen LogP contribution in [0.2, 0.25) is 10.0 Å². The highest BCUT2D eigenvalue weighted by molar-refractivity contribution is 8.00. The molecule has 10 heteroatoms. The minimum Gasteiger partial charge on any atom is -0.454 e. The van der Waals surface area contributed by atoms with Crippen molar-refractivity contribution in [3.05, 3.63) is 63.9 Å². The standard InChI is InChI=1S/C21H17Cl2FN2O4S/c22-13-7-14(23)9-16(8-13)25-18(27)10-30-20(29)17-11-31-21(6-5-19(28)26(17)21)12-1-3-15(24)4-2-12/h1-4,7-9,17H,5-6,10-11H2,(H,25,27)/t17-,21-/m1/s1. The molecule has 2 aliphatic heterocycles. The Balaban J connectivity index is 1.42. The summed E-state index contributed by atoms with van der Waals surface area (Å²) in [5.74, 6) is -1.44. The molecule has 31 heavy (non-hydrogen) atoms. The monoisotopic (exact) mass is 482 g/mol. The molecule has 2 aliphatic rings. The smallest absolute Gasteiger partial charge is 0.330 e. The van der Waals surface area contributed by atoms with E-state index in [4.69, 9.17) is 27.9 Å². The summed E-state index contributed by atoms with van der Waals surface area (Å²) >= 11 is 13.3. The Morgan fingerprint density at radius 1 is 1.19 bits per heavy atom. The van der Waals surface area contributed by atoms with Crippen LogP contribution in [0.15, 0.2) is 42.5 Å². The highest BCUT2D eigenvalue weighted by atomic mass is 35.5. The second-order valence-corrected chi connectivity index (χ2v) is 9.37. The van der Waals surface area contributed by atoms with Crippen LogP contribution in [0.25, 0.3) is 0 Å². The fourth-order valence-corrected chi connectivity index (χ4v) is 6.05. The van der Waals surface area contributed by atoms with E-state index in [-0.39, 0.29) is 18.1 Å². The van der Waals surface area contributed by atoms with Gasteiger partial charge in [-0.3, -0.25) is 9.59 Å². The Morgan fingerprint density at radius 3 is 2.55 bits per heavy atom. The van der Waals surface area contributed by atoms with Gasteiger partial charge >= 0.3 is 5.97 Å². The Labute approximate surface area is 192 Å². The molecular formula is C21H17Cl2FN2O4S. The number of ether oxygens (including phenoxy) is 1. The van der Waals surface area contributed by atoms with E-state index in [0.29, 0.717) is 27.9 Å². The van der Waals surface area contributed by atoms with Gasteiger partial charge in [0.15, 0.2) is 6.61 Å². The quantitative estimate of drug-likeness (QED) is 0.646. The number of rotatable bonds is 5. The third kappa shape index (κ3) is 4.37. The van der Waals surface area contributed by atoms with Crippen LogP contribution < -0.4 is 5.32 Å². The molecule has 0 aromatic heterocycles. The van der Waals surface area contributed by atoms with Crippen LogP contribution in [0.4, 0.5) is 10.1 Å². The van der Waals surface area contributed by atoms with Crippen molar-refractivity contribution in [3.8, 4) is 0 Å². The number of amides is 2. The molecule has 0 spiro atoms. The summed E-state index contributed by atoms with van der Waals surface area (Å²) in [6.45, 7) is -0.518. The lowest BCUT2D eigenvalue weighted by Crippen LogP contribution is -2.47. The average Bonchev–Trinajstić information content (AvgIpc) is 3.25. The summed E-state index contributed by atoms with van der Waals surface area (Å²) in [4.78, 5) is 38.3. The lowest BCUT2D eigenvalue weighted by atomic mass is 10.0. The summed E-state index contributed by atoms with van der Waals surface area (Å²) in [6, 6.07) is 9.67. The third-order valence-electron chi connectivity index (χ3n) is 5.19. The van der Waals surface area contributed by atoms with Gasteiger partial charge in [0, 0.05) is 27.9 Å². The van der Waals surface area contributed by atoms with Gasteiger partial charge in [-0.1, -0.05) is 35.3 Å². The number of esters is 1. The first-order chi connectivity index (χ1) is 14.8. The predicted octanol–water partition coefficient (Wildman–Crippen LogP) is 4.21. The van der Waals surface area contributed by atoms with Crippen LogP contribution in [0.1, 0.15) is 18.4 Å². The van der Waals surface area contributed by atoms with Crippen molar-refractivity contribution in [2.75, 3.05) is 17.7 Å². The number of anilines is 1. The maximum Gasteiger partial charge on any atom is 0.330 e. The van der Waals surface area contributed by atoms with Crippen molar-refractivity contribution >= 4 is 58.4 Å². The average molecular weight is 483 g/mol. The predicted molar refractivity (Wildman–Crippen MR) is 116 cm³/mol. The zero-order valence-electron chi connectivity index (χ0n) is 16.1. The van der Waals surface area contributed by atoms with Crippen molar-refractivity contribution in [2.24, 2.45) is 0 Å². The Kier molecular flexibility index (Phi) is 6.14. The lowest BCUT2D eigenvalue weighted by molar-refractivity contribution is -0.155. The van der Waals surface area contributed by atoms with E-state index >= 15 is 0 Å². The number of fused-ring (bicyclic) bond motifs is 1. The van der Waals surface area contributed by atoms with Crippen LogP contribution in [0.5, 0.6) is 0 Å². The molecule has 1 N–H and O–H groups in total. The van der Waals surface area contributed by atoms with E-state index in [1.165, 1.54) is 47.0 Å². The molecule has 2 heterocycles. The van der Waals surface area contributed by atoms with Crippen molar-refractivity contribution in [1.82, 2.24) is 4.90 Å². The highest BCUT2D eigenvalue weighted by Crippen LogP contribution is 2.54. The van der Waals surface area contributed by atoms with E-state index in [2.05, 4.69) is 5.32 Å². The molecule has 0 aliphatic carbocycles. The number of hydrogen-bond donors (Lipinski definition) is 1. The van der Waals surface area contributed by atoms with Gasteiger partial charge in [-0.25, -0.2) is 9.18 Å². The van der Waals surface area contributed by atoms with Gasteiger partial charge in [-0.2, -0.15) is 0 Å². The summed E-state index contributed by atoms with van der Waals surface area (Å²) in [6.07, 6.45) is 0.798. The molecule has 0 unspecified atom stereocenters. The summed E-state index contributed by atoms with van der Waals surface area (Å²) in [5.41, 5.74) is 1.13. The van der Waals surface area contributed by atoms with Crippen molar-refractivity contribution in [2.45, 2.75) is 23.8 Å². The van der Waals surface area contributed by atoms with Gasteiger partial charge in [-0.05, 0) is 42.3 Å². The molecule has 6 nitrogen and oxygen atoms in total. The second kappa shape index (κ2) is 8.68. The molecule has 2 amide bonds. The van der Waals surface area contributed by atoms with Crippen molar-refractivity contribution < 1.29 is 23.5 Å². The molecule has 0 bridgehead atoms. The number of nitrogens with zero attached hydrogens (tertiary/aromatic N) is 1. The van der Waals surface area contributed by atoms with Gasteiger partial charge in [0.1, 0.15) is 16.7 Å². The number of carbonyl (C=O) groups excluding carboxylic acids is 3. The van der Waals surface area contributed by atoms with E-state index in [9.17, 15) is 18.8 Å². The number of nitrogens with one attached hydrogen (secondary N) is 1. The first-order valence-electron chi connectivity index (χ1n) is 9.43. The summed E-state index contributed by atoms with van der Waals surface area (Å²) in [7, 11) is 0. The molecule has 2 aromatic rings. The van der Waals surface area contributed by atoms with E-state index < -0.39 is 29.4 Å². The summed E-state index contributed by atoms with van der Waals surface area (Å²) < 4.78 is 18.6. The van der Waals surface area contributed by atoms with Gasteiger partial charge < -0.3 is 15.0 Å². The maximum absolute atomic E-state index is 13.4. The van der Waals surface area contributed by atoms with Crippen LogP contribution in [0, 0.1) is 5.82 Å². The lowest BCUT2D eigenvalue weighted by Gasteiger charge is -2.33. The third-order valence-corrected chi connectivity index (χ3v) is 7.22. The van der Waals surface area contributed by atoms with Gasteiger partial charge in [0.2, 0.25) is 5.91 Å². The van der Waals surface area contributed by atoms with Crippen LogP contribution in [0.3, 0.4) is 0 Å². The van der Waals surface area contributed by atoms with E-state index in [0.717, 1.165) is 5.56 Å². The van der Waals surface area contributed by atoms with E-state index in [1.807, 2.05) is 0 Å². The van der Waals surface area contributed by atoms with Gasteiger partial charge in [-0.15, -0.1) is 11.8 Å². The Hall–Kier alpha value is -2.29. The highest BCUT2D eigenvalue weighted by Gasteiger charge is 2.57. The summed E-state index contributed by atoms with van der Waals surface area (Å²) in [5, 5.41) is 3.27. The Morgan fingerprint density at radius 2 is 1.87 bits per heavy atom. The van der Waals surface area contributed by atoms with Gasteiger partial charge in [0.25, 0.3) is 5.91 Å². The van der Waals surface area contributed by atoms with Crippen LogP contribution >= 0.6 is 35.0 Å². The molecule has 2 fully saturated rings. The molecule has 0 saturated carbocycles. The maximum atomic E-state index is 13.4.